The molecule has 0 fully saturated rings. The first-order chi connectivity index (χ1) is 14.0. The molecular weight excluding hydrogens is 393 g/mol. The molecule has 0 aliphatic rings. The highest BCUT2D eigenvalue weighted by Crippen LogP contribution is 2.21. The van der Waals surface area contributed by atoms with E-state index in [2.05, 4.69) is 12.2 Å². The van der Waals surface area contributed by atoms with Crippen LogP contribution in [0.15, 0.2) is 53.4 Å². The van der Waals surface area contributed by atoms with Gasteiger partial charge in [0.1, 0.15) is 5.82 Å². The van der Waals surface area contributed by atoms with Gasteiger partial charge in [-0.25, -0.2) is 4.39 Å². The van der Waals surface area contributed by atoms with Crippen LogP contribution < -0.4 is 5.32 Å². The van der Waals surface area contributed by atoms with E-state index in [0.29, 0.717) is 22.6 Å². The van der Waals surface area contributed by atoms with Crippen LogP contribution in [0.3, 0.4) is 0 Å². The molecule has 0 saturated carbocycles. The van der Waals surface area contributed by atoms with Crippen molar-refractivity contribution in [2.45, 2.75) is 37.5 Å². The summed E-state index contributed by atoms with van der Waals surface area (Å²) in [4.78, 5) is 36.1. The van der Waals surface area contributed by atoms with Crippen molar-refractivity contribution in [1.82, 2.24) is 0 Å². The predicted octanol–water partition coefficient (Wildman–Crippen LogP) is 4.86. The molecule has 0 bridgehead atoms. The second-order valence-corrected chi connectivity index (χ2v) is 7.40. The highest BCUT2D eigenvalue weighted by atomic mass is 32.2. The van der Waals surface area contributed by atoms with Crippen LogP contribution in [0.4, 0.5) is 10.1 Å². The Morgan fingerprint density at radius 1 is 1.03 bits per heavy atom. The van der Waals surface area contributed by atoms with Crippen LogP contribution >= 0.6 is 11.8 Å². The molecule has 2 aromatic rings. The molecule has 5 nitrogen and oxygen atoms in total. The fourth-order valence-corrected chi connectivity index (χ4v) is 3.21. The second kappa shape index (κ2) is 12.0. The van der Waals surface area contributed by atoms with Crippen LogP contribution in [0.1, 0.15) is 43.0 Å². The van der Waals surface area contributed by atoms with E-state index in [-0.39, 0.29) is 24.1 Å². The van der Waals surface area contributed by atoms with Crippen molar-refractivity contribution >= 4 is 35.1 Å². The van der Waals surface area contributed by atoms with Crippen molar-refractivity contribution in [3.8, 4) is 0 Å². The third kappa shape index (κ3) is 8.07. The largest absolute Gasteiger partial charge is 0.457 e. The molecule has 29 heavy (non-hydrogen) atoms. The number of nitrogens with one attached hydrogen (secondary N) is 1. The summed E-state index contributed by atoms with van der Waals surface area (Å²) in [6.45, 7) is 1.69. The van der Waals surface area contributed by atoms with Gasteiger partial charge in [-0.05, 0) is 42.8 Å². The number of rotatable bonds is 11. The fourth-order valence-electron chi connectivity index (χ4n) is 2.47. The Morgan fingerprint density at radius 2 is 1.76 bits per heavy atom. The number of esters is 1. The molecule has 2 rings (SSSR count). The monoisotopic (exact) mass is 417 g/mol. The Bertz CT molecular complexity index is 839. The third-order valence-corrected chi connectivity index (χ3v) is 5.07. The van der Waals surface area contributed by atoms with Crippen LogP contribution in [0.5, 0.6) is 0 Å². The van der Waals surface area contributed by atoms with Gasteiger partial charge in [-0.2, -0.15) is 0 Å². The quantitative estimate of drug-likeness (QED) is 0.245. The van der Waals surface area contributed by atoms with E-state index in [1.54, 1.807) is 42.5 Å². The zero-order valence-corrected chi connectivity index (χ0v) is 17.1. The maximum absolute atomic E-state index is 13.5. The number of thioether (sulfide) groups is 1. The normalized spacial score (nSPS) is 10.4. The minimum absolute atomic E-state index is 0.0567. The Morgan fingerprint density at radius 3 is 2.45 bits per heavy atom. The summed E-state index contributed by atoms with van der Waals surface area (Å²) >= 11 is 1.02. The van der Waals surface area contributed by atoms with Crippen LogP contribution in [0, 0.1) is 5.82 Å². The van der Waals surface area contributed by atoms with E-state index in [0.717, 1.165) is 31.0 Å². The molecule has 0 aromatic heterocycles. The van der Waals surface area contributed by atoms with Crippen LogP contribution in [-0.4, -0.2) is 30.0 Å². The first kappa shape index (κ1) is 22.6. The van der Waals surface area contributed by atoms with E-state index in [1.807, 2.05) is 0 Å². The Kier molecular flexibility index (Phi) is 9.37. The van der Waals surface area contributed by atoms with Crippen molar-refractivity contribution in [1.29, 1.82) is 0 Å². The van der Waals surface area contributed by atoms with Gasteiger partial charge in [0.15, 0.2) is 12.4 Å². The molecule has 1 amide bonds. The van der Waals surface area contributed by atoms with Gasteiger partial charge in [-0.1, -0.05) is 31.9 Å². The molecule has 0 aliphatic carbocycles. The molecule has 2 aromatic carbocycles. The van der Waals surface area contributed by atoms with Crippen molar-refractivity contribution in [3.63, 3.8) is 0 Å². The van der Waals surface area contributed by atoms with Crippen LogP contribution in [-0.2, 0) is 14.3 Å². The zero-order chi connectivity index (χ0) is 21.1. The lowest BCUT2D eigenvalue weighted by atomic mass is 10.1. The van der Waals surface area contributed by atoms with Crippen LogP contribution in [0.2, 0.25) is 0 Å². The Hall–Kier alpha value is -2.67. The van der Waals surface area contributed by atoms with E-state index >= 15 is 0 Å². The number of halogens is 1. The number of Topliss-reactive ketones (excluding diaryl/α,β-unsaturated/α-hetero) is 1. The molecule has 0 spiro atoms. The van der Waals surface area contributed by atoms with Gasteiger partial charge in [0, 0.05) is 22.6 Å². The smallest absolute Gasteiger partial charge is 0.316 e. The van der Waals surface area contributed by atoms with Crippen molar-refractivity contribution < 1.29 is 23.5 Å². The van der Waals surface area contributed by atoms with Crippen molar-refractivity contribution in [2.75, 3.05) is 17.7 Å². The van der Waals surface area contributed by atoms with Gasteiger partial charge >= 0.3 is 5.97 Å². The second-order valence-electron chi connectivity index (χ2n) is 6.39. The Labute approximate surface area is 174 Å². The standard InChI is InChI=1S/C22H24FNO4S/c1-2-3-4-9-21(26)24-17-12-10-16(11-13-17)19(25)14-28-22(27)15-29-20-8-6-5-7-18(20)23/h5-8,10-13H,2-4,9,14-15H2,1H3,(H,24,26). The summed E-state index contributed by atoms with van der Waals surface area (Å²) in [6.07, 6.45) is 3.38. The molecule has 154 valence electrons. The number of carbonyl (C=O) groups excluding carboxylic acids is 3. The summed E-state index contributed by atoms with van der Waals surface area (Å²) in [5, 5.41) is 2.79. The minimum Gasteiger partial charge on any atom is -0.457 e. The van der Waals surface area contributed by atoms with Gasteiger partial charge in [-0.3, -0.25) is 14.4 Å². The van der Waals surface area contributed by atoms with Crippen molar-refractivity contribution in [2.24, 2.45) is 0 Å². The first-order valence-electron chi connectivity index (χ1n) is 9.45. The number of hydrogen-bond acceptors (Lipinski definition) is 5. The number of ketones is 1. The lowest BCUT2D eigenvalue weighted by molar-refractivity contribution is -0.139. The number of amides is 1. The lowest BCUT2D eigenvalue weighted by Crippen LogP contribution is -2.16. The van der Waals surface area contributed by atoms with E-state index in [1.165, 1.54) is 6.07 Å². The van der Waals surface area contributed by atoms with Gasteiger partial charge in [-0.15, -0.1) is 11.8 Å². The SMILES string of the molecule is CCCCCC(=O)Nc1ccc(C(=O)COC(=O)CSc2ccccc2F)cc1. The summed E-state index contributed by atoms with van der Waals surface area (Å²) < 4.78 is 18.5. The van der Waals surface area contributed by atoms with Gasteiger partial charge in [0.2, 0.25) is 5.91 Å². The molecule has 0 unspecified atom stereocenters. The van der Waals surface area contributed by atoms with Gasteiger partial charge in [0.25, 0.3) is 0 Å². The van der Waals surface area contributed by atoms with E-state index in [4.69, 9.17) is 4.74 Å². The maximum atomic E-state index is 13.5. The molecule has 7 heteroatoms. The van der Waals surface area contributed by atoms with E-state index < -0.39 is 11.8 Å². The molecule has 0 heterocycles. The average molecular weight is 418 g/mol. The Balaban J connectivity index is 1.75. The number of hydrogen-bond donors (Lipinski definition) is 1. The average Bonchev–Trinajstić information content (AvgIpc) is 2.72. The van der Waals surface area contributed by atoms with Gasteiger partial charge in [0.05, 0.1) is 5.75 Å². The summed E-state index contributed by atoms with van der Waals surface area (Å²) in [5.41, 5.74) is 0.991. The summed E-state index contributed by atoms with van der Waals surface area (Å²) in [5.74, 6) is -1.49. The van der Waals surface area contributed by atoms with Gasteiger partial charge < -0.3 is 10.1 Å². The molecule has 0 aliphatic heterocycles. The first-order valence-corrected chi connectivity index (χ1v) is 10.4. The molecule has 0 radical (unpaired) electrons. The summed E-state index contributed by atoms with van der Waals surface area (Å²) in [6, 6.07) is 12.6. The van der Waals surface area contributed by atoms with Crippen LogP contribution in [0.25, 0.3) is 0 Å². The third-order valence-electron chi connectivity index (χ3n) is 4.04. The number of benzene rings is 2. The van der Waals surface area contributed by atoms with Crippen molar-refractivity contribution in [3.05, 3.63) is 59.9 Å². The highest BCUT2D eigenvalue weighted by Gasteiger charge is 2.12. The maximum Gasteiger partial charge on any atom is 0.316 e. The number of carbonyl (C=O) groups is 3. The minimum atomic E-state index is -0.595. The fraction of sp³-hybridized carbons (Fsp3) is 0.318. The number of ether oxygens (including phenoxy) is 1. The molecular formula is C22H24FNO4S. The lowest BCUT2D eigenvalue weighted by Gasteiger charge is -2.07. The summed E-state index contributed by atoms with van der Waals surface area (Å²) in [7, 11) is 0. The number of unbranched alkanes of at least 4 members (excludes halogenated alkanes) is 2. The van der Waals surface area contributed by atoms with E-state index in [9.17, 15) is 18.8 Å². The topological polar surface area (TPSA) is 72.5 Å². The molecule has 1 N–H and O–H groups in total. The predicted molar refractivity (Wildman–Crippen MR) is 112 cm³/mol. The zero-order valence-electron chi connectivity index (χ0n) is 16.3. The molecule has 0 atom stereocenters. The highest BCUT2D eigenvalue weighted by molar-refractivity contribution is 8.00. The number of anilines is 1. The molecule has 0 saturated heterocycles.